The molecule has 0 atom stereocenters. The molecule has 28 heavy (non-hydrogen) atoms. The molecule has 0 saturated carbocycles. The van der Waals surface area contributed by atoms with Gasteiger partial charge >= 0.3 is 0 Å². The molecule has 2 aromatic carbocycles. The number of likely N-dealkylation sites (N-methyl/N-ethyl adjacent to an activating group) is 1. The van der Waals surface area contributed by atoms with Gasteiger partial charge in [0.25, 0.3) is 5.91 Å². The van der Waals surface area contributed by atoms with E-state index in [1.807, 2.05) is 43.0 Å². The Morgan fingerprint density at radius 2 is 1.64 bits per heavy atom. The van der Waals surface area contributed by atoms with Crippen LogP contribution in [0.4, 0.5) is 10.1 Å². The Balaban J connectivity index is 1.58. The smallest absolute Gasteiger partial charge is 0.256 e. The lowest BCUT2D eigenvalue weighted by Crippen LogP contribution is -2.51. The van der Waals surface area contributed by atoms with Crippen LogP contribution in [0.2, 0.25) is 0 Å². The third kappa shape index (κ3) is 4.39. The number of anilines is 1. The Morgan fingerprint density at radius 1 is 1.00 bits per heavy atom. The van der Waals surface area contributed by atoms with Gasteiger partial charge in [0.15, 0.2) is 0 Å². The van der Waals surface area contributed by atoms with E-state index in [4.69, 9.17) is 0 Å². The summed E-state index contributed by atoms with van der Waals surface area (Å²) in [6, 6.07) is 13.9. The van der Waals surface area contributed by atoms with Crippen LogP contribution in [0.25, 0.3) is 0 Å². The molecule has 0 bridgehead atoms. The van der Waals surface area contributed by atoms with Gasteiger partial charge in [-0.05, 0) is 37.6 Å². The van der Waals surface area contributed by atoms with Gasteiger partial charge in [-0.2, -0.15) is 0 Å². The maximum Gasteiger partial charge on any atom is 0.256 e. The monoisotopic (exact) mass is 383 g/mol. The first-order valence-corrected chi connectivity index (χ1v) is 9.63. The molecule has 1 aliphatic rings. The second kappa shape index (κ2) is 8.97. The molecule has 1 aliphatic heterocycles. The minimum atomic E-state index is -0.498. The molecule has 1 heterocycles. The number of nitrogens with zero attached hydrogens (tertiary/aromatic N) is 3. The molecule has 1 saturated heterocycles. The number of piperazine rings is 1. The second-order valence-electron chi connectivity index (χ2n) is 6.97. The van der Waals surface area contributed by atoms with E-state index in [0.717, 1.165) is 11.3 Å². The van der Waals surface area contributed by atoms with E-state index >= 15 is 0 Å². The van der Waals surface area contributed by atoms with Crippen molar-refractivity contribution in [3.05, 3.63) is 65.5 Å². The predicted molar refractivity (Wildman–Crippen MR) is 108 cm³/mol. The number of carbonyl (C=O) groups excluding carboxylic acids is 2. The van der Waals surface area contributed by atoms with Crippen LogP contribution in [-0.2, 0) is 4.79 Å². The normalized spacial score (nSPS) is 14.8. The minimum absolute atomic E-state index is 0.0469. The standard InChI is InChI=1S/C22H26FN3O2/c1-3-26(20-11-7-4-8-17(20)2)21(27)16-24-12-14-25(15-13-24)22(28)18-9-5-6-10-19(18)23/h4-11H,3,12-16H2,1-2H3. The lowest BCUT2D eigenvalue weighted by molar-refractivity contribution is -0.120. The number of rotatable bonds is 5. The van der Waals surface area contributed by atoms with Crippen molar-refractivity contribution in [2.75, 3.05) is 44.2 Å². The van der Waals surface area contributed by atoms with Crippen LogP contribution in [0.5, 0.6) is 0 Å². The molecule has 3 rings (SSSR count). The van der Waals surface area contributed by atoms with E-state index in [9.17, 15) is 14.0 Å². The quantitative estimate of drug-likeness (QED) is 0.797. The molecule has 6 heteroatoms. The zero-order valence-electron chi connectivity index (χ0n) is 16.4. The van der Waals surface area contributed by atoms with E-state index in [1.165, 1.54) is 12.1 Å². The van der Waals surface area contributed by atoms with Gasteiger partial charge in [0.05, 0.1) is 12.1 Å². The van der Waals surface area contributed by atoms with Crippen molar-refractivity contribution in [1.82, 2.24) is 9.80 Å². The van der Waals surface area contributed by atoms with Crippen LogP contribution in [0.15, 0.2) is 48.5 Å². The third-order valence-electron chi connectivity index (χ3n) is 5.15. The molecule has 0 N–H and O–H groups in total. The maximum absolute atomic E-state index is 13.9. The Labute approximate surface area is 165 Å². The number of carbonyl (C=O) groups is 2. The van der Waals surface area contributed by atoms with Gasteiger partial charge in [0.2, 0.25) is 5.91 Å². The first-order valence-electron chi connectivity index (χ1n) is 9.63. The summed E-state index contributed by atoms with van der Waals surface area (Å²) in [7, 11) is 0. The van der Waals surface area contributed by atoms with Crippen molar-refractivity contribution in [2.45, 2.75) is 13.8 Å². The fourth-order valence-electron chi connectivity index (χ4n) is 3.54. The molecule has 148 valence electrons. The highest BCUT2D eigenvalue weighted by Gasteiger charge is 2.26. The zero-order chi connectivity index (χ0) is 20.1. The Kier molecular flexibility index (Phi) is 6.41. The van der Waals surface area contributed by atoms with Crippen LogP contribution < -0.4 is 4.90 Å². The number of halogens is 1. The molecule has 0 aromatic heterocycles. The molecule has 2 amide bonds. The van der Waals surface area contributed by atoms with Gasteiger partial charge < -0.3 is 9.80 Å². The van der Waals surface area contributed by atoms with Gasteiger partial charge in [0, 0.05) is 38.4 Å². The number of benzene rings is 2. The summed E-state index contributed by atoms with van der Waals surface area (Å²) in [5.41, 5.74) is 2.10. The van der Waals surface area contributed by atoms with E-state index in [-0.39, 0.29) is 17.4 Å². The number of amides is 2. The summed E-state index contributed by atoms with van der Waals surface area (Å²) < 4.78 is 13.9. The van der Waals surface area contributed by atoms with Gasteiger partial charge in [0.1, 0.15) is 5.82 Å². The lowest BCUT2D eigenvalue weighted by atomic mass is 10.1. The van der Waals surface area contributed by atoms with E-state index in [2.05, 4.69) is 0 Å². The molecule has 0 spiro atoms. The molecular formula is C22H26FN3O2. The maximum atomic E-state index is 13.9. The largest absolute Gasteiger partial charge is 0.336 e. The fraction of sp³-hybridized carbons (Fsp3) is 0.364. The highest BCUT2D eigenvalue weighted by molar-refractivity contribution is 5.96. The molecule has 0 unspecified atom stereocenters. The summed E-state index contributed by atoms with van der Waals surface area (Å²) in [5, 5.41) is 0. The number of para-hydroxylation sites is 1. The van der Waals surface area contributed by atoms with E-state index < -0.39 is 5.82 Å². The van der Waals surface area contributed by atoms with Gasteiger partial charge in [-0.15, -0.1) is 0 Å². The van der Waals surface area contributed by atoms with Crippen molar-refractivity contribution in [3.8, 4) is 0 Å². The number of hydrogen-bond acceptors (Lipinski definition) is 3. The summed E-state index contributed by atoms with van der Waals surface area (Å²) in [6.07, 6.45) is 0. The average molecular weight is 383 g/mol. The molecule has 5 nitrogen and oxygen atoms in total. The van der Waals surface area contributed by atoms with Crippen LogP contribution in [0.3, 0.4) is 0 Å². The SMILES string of the molecule is CCN(C(=O)CN1CCN(C(=O)c2ccccc2F)CC1)c1ccccc1C. The lowest BCUT2D eigenvalue weighted by Gasteiger charge is -2.35. The van der Waals surface area contributed by atoms with Crippen molar-refractivity contribution >= 4 is 17.5 Å². The fourth-order valence-corrected chi connectivity index (χ4v) is 3.54. The highest BCUT2D eigenvalue weighted by atomic mass is 19.1. The van der Waals surface area contributed by atoms with Crippen LogP contribution >= 0.6 is 0 Å². The average Bonchev–Trinajstić information content (AvgIpc) is 2.70. The Bertz CT molecular complexity index is 847. The second-order valence-corrected chi connectivity index (χ2v) is 6.97. The first kappa shape index (κ1) is 20.0. The van der Waals surface area contributed by atoms with Gasteiger partial charge in [-0.25, -0.2) is 4.39 Å². The Morgan fingerprint density at radius 3 is 2.29 bits per heavy atom. The molecular weight excluding hydrogens is 357 g/mol. The summed E-state index contributed by atoms with van der Waals surface area (Å²) in [6.45, 7) is 7.04. The van der Waals surface area contributed by atoms with E-state index in [1.54, 1.807) is 21.9 Å². The van der Waals surface area contributed by atoms with Crippen molar-refractivity contribution in [3.63, 3.8) is 0 Å². The molecule has 2 aromatic rings. The van der Waals surface area contributed by atoms with Crippen molar-refractivity contribution in [1.29, 1.82) is 0 Å². The van der Waals surface area contributed by atoms with E-state index in [0.29, 0.717) is 39.3 Å². The molecule has 0 radical (unpaired) electrons. The zero-order valence-corrected chi connectivity index (χ0v) is 16.4. The highest BCUT2D eigenvalue weighted by Crippen LogP contribution is 2.20. The van der Waals surface area contributed by atoms with Gasteiger partial charge in [-0.3, -0.25) is 14.5 Å². The van der Waals surface area contributed by atoms with Crippen LogP contribution in [-0.4, -0.2) is 60.9 Å². The van der Waals surface area contributed by atoms with Crippen LogP contribution in [0.1, 0.15) is 22.8 Å². The topological polar surface area (TPSA) is 43.9 Å². The number of hydrogen-bond donors (Lipinski definition) is 0. The van der Waals surface area contributed by atoms with Crippen LogP contribution in [0, 0.1) is 12.7 Å². The first-order chi connectivity index (χ1) is 13.5. The summed E-state index contributed by atoms with van der Waals surface area (Å²) in [5.74, 6) is -0.744. The predicted octanol–water partition coefficient (Wildman–Crippen LogP) is 2.95. The Hall–Kier alpha value is -2.73. The van der Waals surface area contributed by atoms with Crippen molar-refractivity contribution in [2.24, 2.45) is 0 Å². The summed E-state index contributed by atoms with van der Waals surface area (Å²) >= 11 is 0. The molecule has 1 fully saturated rings. The minimum Gasteiger partial charge on any atom is -0.336 e. The third-order valence-corrected chi connectivity index (χ3v) is 5.15. The number of aryl methyl sites for hydroxylation is 1. The summed E-state index contributed by atoms with van der Waals surface area (Å²) in [4.78, 5) is 30.8. The van der Waals surface area contributed by atoms with Crippen molar-refractivity contribution < 1.29 is 14.0 Å². The molecule has 0 aliphatic carbocycles. The van der Waals surface area contributed by atoms with Gasteiger partial charge in [-0.1, -0.05) is 30.3 Å².